The van der Waals surface area contributed by atoms with E-state index in [0.717, 1.165) is 12.1 Å². The SMILES string of the molecule is CC(OC(=O)Cc1ccc(N2CCCC2=O)cc1)C(=O)Nc1ccccc1OC(F)F. The maximum atomic E-state index is 12.5. The third kappa shape index (κ3) is 6.00. The first-order chi connectivity index (χ1) is 14.8. The Morgan fingerprint density at radius 2 is 1.84 bits per heavy atom. The molecule has 0 spiro atoms. The number of nitrogens with zero attached hydrogens (tertiary/aromatic N) is 1. The lowest BCUT2D eigenvalue weighted by atomic mass is 10.1. The Labute approximate surface area is 177 Å². The van der Waals surface area contributed by atoms with Crippen molar-refractivity contribution in [1.29, 1.82) is 0 Å². The normalized spacial score (nSPS) is 14.5. The number of benzene rings is 2. The van der Waals surface area contributed by atoms with Crippen molar-refractivity contribution >= 4 is 29.2 Å². The number of anilines is 2. The standard InChI is InChI=1S/C22H22F2N2O5/c1-14(21(29)25-17-5-2-3-6-18(17)31-22(23)24)30-20(28)13-15-8-10-16(11-9-15)26-12-4-7-19(26)27/h2-3,5-6,8-11,14,22H,4,7,12-13H2,1H3,(H,25,29). The molecule has 1 heterocycles. The summed E-state index contributed by atoms with van der Waals surface area (Å²) in [5, 5.41) is 2.42. The molecule has 7 nitrogen and oxygen atoms in total. The van der Waals surface area contributed by atoms with E-state index in [1.165, 1.54) is 25.1 Å². The van der Waals surface area contributed by atoms with Crippen LogP contribution in [0.2, 0.25) is 0 Å². The zero-order valence-electron chi connectivity index (χ0n) is 16.8. The highest BCUT2D eigenvalue weighted by molar-refractivity contribution is 5.96. The molecule has 0 radical (unpaired) electrons. The first-order valence-corrected chi connectivity index (χ1v) is 9.77. The molecule has 0 saturated carbocycles. The number of alkyl halides is 2. The zero-order valence-corrected chi connectivity index (χ0v) is 16.8. The van der Waals surface area contributed by atoms with Gasteiger partial charge in [0.05, 0.1) is 12.1 Å². The van der Waals surface area contributed by atoms with Gasteiger partial charge in [-0.25, -0.2) is 0 Å². The summed E-state index contributed by atoms with van der Waals surface area (Å²) in [5.74, 6) is -1.42. The van der Waals surface area contributed by atoms with Crippen LogP contribution in [-0.2, 0) is 25.5 Å². The fourth-order valence-corrected chi connectivity index (χ4v) is 3.18. The van der Waals surface area contributed by atoms with Gasteiger partial charge in [0, 0.05) is 18.7 Å². The van der Waals surface area contributed by atoms with Gasteiger partial charge in [-0.05, 0) is 43.2 Å². The van der Waals surface area contributed by atoms with E-state index >= 15 is 0 Å². The van der Waals surface area contributed by atoms with Crippen LogP contribution < -0.4 is 15.0 Å². The number of halogens is 2. The number of carbonyl (C=O) groups excluding carboxylic acids is 3. The summed E-state index contributed by atoms with van der Waals surface area (Å²) >= 11 is 0. The van der Waals surface area contributed by atoms with Crippen molar-refractivity contribution in [2.75, 3.05) is 16.8 Å². The molecule has 1 aliphatic heterocycles. The smallest absolute Gasteiger partial charge is 0.387 e. The number of esters is 1. The van der Waals surface area contributed by atoms with Crippen molar-refractivity contribution in [3.8, 4) is 5.75 Å². The van der Waals surface area contributed by atoms with E-state index in [2.05, 4.69) is 10.1 Å². The van der Waals surface area contributed by atoms with E-state index in [0.29, 0.717) is 18.5 Å². The predicted molar refractivity (Wildman–Crippen MR) is 109 cm³/mol. The van der Waals surface area contributed by atoms with Crippen LogP contribution in [0.4, 0.5) is 20.2 Å². The minimum Gasteiger partial charge on any atom is -0.452 e. The number of rotatable bonds is 8. The summed E-state index contributed by atoms with van der Waals surface area (Å²) in [5.41, 5.74) is 1.49. The van der Waals surface area contributed by atoms with Crippen LogP contribution in [0.15, 0.2) is 48.5 Å². The second-order valence-corrected chi connectivity index (χ2v) is 6.99. The number of ether oxygens (including phenoxy) is 2. The second kappa shape index (κ2) is 10.0. The maximum Gasteiger partial charge on any atom is 0.387 e. The number of nitrogens with one attached hydrogen (secondary N) is 1. The van der Waals surface area contributed by atoms with Crippen molar-refractivity contribution in [2.24, 2.45) is 0 Å². The molecule has 3 rings (SSSR count). The predicted octanol–water partition coefficient (Wildman–Crippen LogP) is 3.53. The molecular formula is C22H22F2N2O5. The number of hydrogen-bond donors (Lipinski definition) is 1. The summed E-state index contributed by atoms with van der Waals surface area (Å²) < 4.78 is 34.5. The van der Waals surface area contributed by atoms with E-state index in [1.807, 2.05) is 0 Å². The maximum absolute atomic E-state index is 12.5. The number of para-hydroxylation sites is 2. The molecule has 0 aliphatic carbocycles. The third-order valence-corrected chi connectivity index (χ3v) is 4.71. The molecule has 31 heavy (non-hydrogen) atoms. The topological polar surface area (TPSA) is 84.9 Å². The Balaban J connectivity index is 1.53. The monoisotopic (exact) mass is 432 g/mol. The van der Waals surface area contributed by atoms with Gasteiger partial charge in [-0.1, -0.05) is 24.3 Å². The highest BCUT2D eigenvalue weighted by Gasteiger charge is 2.22. The average Bonchev–Trinajstić information content (AvgIpc) is 3.15. The Morgan fingerprint density at radius 3 is 2.48 bits per heavy atom. The van der Waals surface area contributed by atoms with Crippen molar-refractivity contribution in [1.82, 2.24) is 0 Å². The summed E-state index contributed by atoms with van der Waals surface area (Å²) in [7, 11) is 0. The van der Waals surface area contributed by atoms with Gasteiger partial charge in [-0.2, -0.15) is 8.78 Å². The Hall–Kier alpha value is -3.49. The van der Waals surface area contributed by atoms with Crippen LogP contribution in [0.5, 0.6) is 5.75 Å². The van der Waals surface area contributed by atoms with Gasteiger partial charge in [0.1, 0.15) is 5.75 Å². The molecule has 2 aromatic carbocycles. The fraction of sp³-hybridized carbons (Fsp3) is 0.318. The molecule has 2 amide bonds. The molecule has 1 atom stereocenters. The molecule has 2 aromatic rings. The molecule has 1 fully saturated rings. The van der Waals surface area contributed by atoms with Crippen LogP contribution in [0.3, 0.4) is 0 Å². The highest BCUT2D eigenvalue weighted by atomic mass is 19.3. The van der Waals surface area contributed by atoms with Crippen LogP contribution in [0.1, 0.15) is 25.3 Å². The van der Waals surface area contributed by atoms with Gasteiger partial charge in [0.15, 0.2) is 6.10 Å². The average molecular weight is 432 g/mol. The van der Waals surface area contributed by atoms with Gasteiger partial charge in [0.2, 0.25) is 5.91 Å². The number of amides is 2. The quantitative estimate of drug-likeness (QED) is 0.645. The summed E-state index contributed by atoms with van der Waals surface area (Å²) in [4.78, 5) is 38.0. The summed E-state index contributed by atoms with van der Waals surface area (Å²) in [6.07, 6.45) is 0.156. The van der Waals surface area contributed by atoms with Gasteiger partial charge in [-0.15, -0.1) is 0 Å². The molecule has 1 saturated heterocycles. The lowest BCUT2D eigenvalue weighted by molar-refractivity contribution is -0.152. The van der Waals surface area contributed by atoms with Gasteiger partial charge >= 0.3 is 12.6 Å². The minimum absolute atomic E-state index is 0.0442. The van der Waals surface area contributed by atoms with Gasteiger partial charge in [-0.3, -0.25) is 14.4 Å². The lowest BCUT2D eigenvalue weighted by Gasteiger charge is -2.17. The summed E-state index contributed by atoms with van der Waals surface area (Å²) in [6.45, 7) is -0.979. The molecule has 1 aliphatic rings. The van der Waals surface area contributed by atoms with E-state index < -0.39 is 24.6 Å². The fourth-order valence-electron chi connectivity index (χ4n) is 3.18. The first kappa shape index (κ1) is 22.2. The van der Waals surface area contributed by atoms with Crippen molar-refractivity contribution in [3.05, 3.63) is 54.1 Å². The lowest BCUT2D eigenvalue weighted by Crippen LogP contribution is -2.30. The highest BCUT2D eigenvalue weighted by Crippen LogP contribution is 2.26. The van der Waals surface area contributed by atoms with Crippen molar-refractivity contribution < 1.29 is 32.6 Å². The third-order valence-electron chi connectivity index (χ3n) is 4.71. The van der Waals surface area contributed by atoms with E-state index in [4.69, 9.17) is 4.74 Å². The molecule has 0 bridgehead atoms. The van der Waals surface area contributed by atoms with E-state index in [1.54, 1.807) is 35.2 Å². The first-order valence-electron chi connectivity index (χ1n) is 9.77. The molecule has 164 valence electrons. The van der Waals surface area contributed by atoms with Crippen molar-refractivity contribution in [2.45, 2.75) is 38.9 Å². The zero-order chi connectivity index (χ0) is 22.4. The summed E-state index contributed by atoms with van der Waals surface area (Å²) in [6, 6.07) is 12.7. The molecule has 1 N–H and O–H groups in total. The molecular weight excluding hydrogens is 410 g/mol. The van der Waals surface area contributed by atoms with Crippen molar-refractivity contribution in [3.63, 3.8) is 0 Å². The van der Waals surface area contributed by atoms with Crippen LogP contribution in [0.25, 0.3) is 0 Å². The van der Waals surface area contributed by atoms with E-state index in [9.17, 15) is 23.2 Å². The Morgan fingerprint density at radius 1 is 1.13 bits per heavy atom. The van der Waals surface area contributed by atoms with Crippen LogP contribution in [0, 0.1) is 0 Å². The van der Waals surface area contributed by atoms with Gasteiger partial charge < -0.3 is 19.7 Å². The molecule has 1 unspecified atom stereocenters. The number of carbonyl (C=O) groups is 3. The number of hydrogen-bond acceptors (Lipinski definition) is 5. The van der Waals surface area contributed by atoms with Crippen LogP contribution in [-0.4, -0.2) is 37.0 Å². The molecule has 0 aromatic heterocycles. The van der Waals surface area contributed by atoms with E-state index in [-0.39, 0.29) is 23.8 Å². The Kier molecular flexibility index (Phi) is 7.17. The van der Waals surface area contributed by atoms with Crippen LogP contribution >= 0.6 is 0 Å². The second-order valence-electron chi connectivity index (χ2n) is 6.99. The molecule has 9 heteroatoms. The van der Waals surface area contributed by atoms with Gasteiger partial charge in [0.25, 0.3) is 5.91 Å². The Bertz CT molecular complexity index is 949. The minimum atomic E-state index is -3.04. The largest absolute Gasteiger partial charge is 0.452 e.